The maximum Gasteiger partial charge on any atom is 0.393 e. The molecule has 1 saturated heterocycles. The van der Waals surface area contributed by atoms with E-state index in [0.717, 1.165) is 0 Å². The molecule has 1 aliphatic heterocycles. The van der Waals surface area contributed by atoms with Crippen molar-refractivity contribution < 1.29 is 18.3 Å². The van der Waals surface area contributed by atoms with Crippen LogP contribution in [-0.2, 0) is 0 Å². The number of hydrogen-bond acceptors (Lipinski definition) is 2. The lowest BCUT2D eigenvalue weighted by Gasteiger charge is -2.32. The van der Waals surface area contributed by atoms with Crippen molar-refractivity contribution in [2.75, 3.05) is 13.2 Å². The van der Waals surface area contributed by atoms with Crippen LogP contribution in [0.15, 0.2) is 0 Å². The molecule has 0 aromatic heterocycles. The van der Waals surface area contributed by atoms with Gasteiger partial charge in [-0.05, 0) is 19.4 Å². The number of hydrogen-bond donors (Lipinski definition) is 2. The molecule has 0 aromatic rings. The van der Waals surface area contributed by atoms with Gasteiger partial charge in [0.25, 0.3) is 0 Å². The zero-order valence-corrected chi connectivity index (χ0v) is 6.56. The van der Waals surface area contributed by atoms with Crippen LogP contribution in [0, 0.1) is 5.92 Å². The standard InChI is InChI=1S/C7H12F3NO/c8-7(9,10)5-2-1-3-11-6(5)4-12/h5-6,11-12H,1-4H2. The molecule has 1 rings (SSSR count). The summed E-state index contributed by atoms with van der Waals surface area (Å²) in [6.07, 6.45) is -3.52. The fourth-order valence-corrected chi connectivity index (χ4v) is 1.54. The second kappa shape index (κ2) is 3.62. The summed E-state index contributed by atoms with van der Waals surface area (Å²) < 4.78 is 36.7. The van der Waals surface area contributed by atoms with Crippen molar-refractivity contribution in [1.29, 1.82) is 0 Å². The van der Waals surface area contributed by atoms with E-state index in [1.165, 1.54) is 0 Å². The van der Waals surface area contributed by atoms with Crippen molar-refractivity contribution in [3.05, 3.63) is 0 Å². The van der Waals surface area contributed by atoms with Crippen LogP contribution in [0.5, 0.6) is 0 Å². The summed E-state index contributed by atoms with van der Waals surface area (Å²) >= 11 is 0. The quantitative estimate of drug-likeness (QED) is 0.633. The number of alkyl halides is 3. The van der Waals surface area contributed by atoms with Gasteiger partial charge in [0.1, 0.15) is 0 Å². The summed E-state index contributed by atoms with van der Waals surface area (Å²) in [4.78, 5) is 0. The van der Waals surface area contributed by atoms with Gasteiger partial charge in [0.2, 0.25) is 0 Å². The fraction of sp³-hybridized carbons (Fsp3) is 1.00. The average molecular weight is 183 g/mol. The molecule has 1 fully saturated rings. The highest BCUT2D eigenvalue weighted by Gasteiger charge is 2.45. The van der Waals surface area contributed by atoms with Crippen LogP contribution in [0.2, 0.25) is 0 Å². The number of piperidine rings is 1. The smallest absolute Gasteiger partial charge is 0.393 e. The van der Waals surface area contributed by atoms with Crippen LogP contribution in [-0.4, -0.2) is 30.5 Å². The summed E-state index contributed by atoms with van der Waals surface area (Å²) in [7, 11) is 0. The van der Waals surface area contributed by atoms with Crippen LogP contribution in [0.1, 0.15) is 12.8 Å². The number of nitrogens with one attached hydrogen (secondary N) is 1. The van der Waals surface area contributed by atoms with Gasteiger partial charge >= 0.3 is 6.18 Å². The number of aliphatic hydroxyl groups excluding tert-OH is 1. The van der Waals surface area contributed by atoms with E-state index in [1.807, 2.05) is 0 Å². The fourth-order valence-electron chi connectivity index (χ4n) is 1.54. The maximum atomic E-state index is 12.2. The van der Waals surface area contributed by atoms with Crippen LogP contribution >= 0.6 is 0 Å². The molecule has 0 radical (unpaired) electrons. The molecule has 0 aliphatic carbocycles. The summed E-state index contributed by atoms with van der Waals surface area (Å²) in [5.41, 5.74) is 0. The van der Waals surface area contributed by atoms with Crippen LogP contribution < -0.4 is 5.32 Å². The monoisotopic (exact) mass is 183 g/mol. The molecule has 72 valence electrons. The van der Waals surface area contributed by atoms with E-state index in [1.54, 1.807) is 0 Å². The molecular formula is C7H12F3NO. The molecule has 0 amide bonds. The predicted molar refractivity (Wildman–Crippen MR) is 37.7 cm³/mol. The third kappa shape index (κ3) is 2.10. The zero-order chi connectivity index (χ0) is 9.19. The van der Waals surface area contributed by atoms with E-state index in [9.17, 15) is 13.2 Å². The summed E-state index contributed by atoms with van der Waals surface area (Å²) in [5.74, 6) is -1.38. The topological polar surface area (TPSA) is 32.3 Å². The van der Waals surface area contributed by atoms with Crippen LogP contribution in [0.3, 0.4) is 0 Å². The molecule has 1 heterocycles. The Balaban J connectivity index is 2.59. The highest BCUT2D eigenvalue weighted by atomic mass is 19.4. The van der Waals surface area contributed by atoms with E-state index in [0.29, 0.717) is 13.0 Å². The Labute approximate surface area is 68.8 Å². The van der Waals surface area contributed by atoms with Gasteiger partial charge in [-0.2, -0.15) is 13.2 Å². The molecule has 2 unspecified atom stereocenters. The lowest BCUT2D eigenvalue weighted by atomic mass is 9.91. The van der Waals surface area contributed by atoms with Gasteiger partial charge < -0.3 is 10.4 Å². The largest absolute Gasteiger partial charge is 0.395 e. The molecule has 0 spiro atoms. The minimum atomic E-state index is -4.18. The molecule has 0 aromatic carbocycles. The molecule has 2 N–H and O–H groups in total. The minimum absolute atomic E-state index is 0.127. The molecule has 0 saturated carbocycles. The Morgan fingerprint density at radius 2 is 2.08 bits per heavy atom. The SMILES string of the molecule is OCC1NCCCC1C(F)(F)F. The molecule has 0 bridgehead atoms. The zero-order valence-electron chi connectivity index (χ0n) is 6.56. The van der Waals surface area contributed by atoms with Crippen molar-refractivity contribution in [1.82, 2.24) is 5.32 Å². The van der Waals surface area contributed by atoms with E-state index < -0.39 is 24.7 Å². The molecule has 2 nitrogen and oxygen atoms in total. The van der Waals surface area contributed by atoms with Crippen molar-refractivity contribution in [2.24, 2.45) is 5.92 Å². The van der Waals surface area contributed by atoms with Crippen LogP contribution in [0.25, 0.3) is 0 Å². The highest BCUT2D eigenvalue weighted by molar-refractivity contribution is 4.84. The lowest BCUT2D eigenvalue weighted by molar-refractivity contribution is -0.191. The normalized spacial score (nSPS) is 32.0. The molecule has 1 aliphatic rings. The van der Waals surface area contributed by atoms with E-state index in [2.05, 4.69) is 5.32 Å². The Morgan fingerprint density at radius 3 is 2.50 bits per heavy atom. The first-order valence-electron chi connectivity index (χ1n) is 3.96. The van der Waals surface area contributed by atoms with Crippen LogP contribution in [0.4, 0.5) is 13.2 Å². The van der Waals surface area contributed by atoms with Gasteiger partial charge in [-0.15, -0.1) is 0 Å². The third-order valence-corrected chi connectivity index (χ3v) is 2.20. The number of rotatable bonds is 1. The van der Waals surface area contributed by atoms with Gasteiger partial charge in [0.05, 0.1) is 12.5 Å². The molecule has 12 heavy (non-hydrogen) atoms. The van der Waals surface area contributed by atoms with Gasteiger partial charge in [-0.25, -0.2) is 0 Å². The Bertz CT molecular complexity index is 148. The van der Waals surface area contributed by atoms with Crippen molar-refractivity contribution >= 4 is 0 Å². The van der Waals surface area contributed by atoms with E-state index >= 15 is 0 Å². The van der Waals surface area contributed by atoms with Crippen molar-refractivity contribution in [3.63, 3.8) is 0 Å². The lowest BCUT2D eigenvalue weighted by Crippen LogP contribution is -2.49. The number of halogens is 3. The summed E-state index contributed by atoms with van der Waals surface area (Å²) in [6, 6.07) is -0.807. The third-order valence-electron chi connectivity index (χ3n) is 2.20. The second-order valence-corrected chi connectivity index (χ2v) is 3.03. The first-order valence-corrected chi connectivity index (χ1v) is 3.96. The van der Waals surface area contributed by atoms with Gasteiger partial charge in [-0.1, -0.05) is 0 Å². The second-order valence-electron chi connectivity index (χ2n) is 3.03. The van der Waals surface area contributed by atoms with Crippen molar-refractivity contribution in [2.45, 2.75) is 25.1 Å². The number of aliphatic hydroxyl groups is 1. The molecule has 2 atom stereocenters. The van der Waals surface area contributed by atoms with Gasteiger partial charge in [0.15, 0.2) is 0 Å². The molecular weight excluding hydrogens is 171 g/mol. The highest BCUT2D eigenvalue weighted by Crippen LogP contribution is 2.33. The average Bonchev–Trinajstić information content (AvgIpc) is 2.03. The summed E-state index contributed by atoms with van der Waals surface area (Å²) in [6.45, 7) is 0.127. The Kier molecular flexibility index (Phi) is 2.95. The van der Waals surface area contributed by atoms with Gasteiger partial charge in [0, 0.05) is 6.04 Å². The van der Waals surface area contributed by atoms with E-state index in [-0.39, 0.29) is 6.42 Å². The minimum Gasteiger partial charge on any atom is -0.395 e. The maximum absolute atomic E-state index is 12.2. The Morgan fingerprint density at radius 1 is 1.42 bits per heavy atom. The Hall–Kier alpha value is -0.290. The molecule has 5 heteroatoms. The first kappa shape index (κ1) is 9.80. The van der Waals surface area contributed by atoms with Crippen molar-refractivity contribution in [3.8, 4) is 0 Å². The summed E-state index contributed by atoms with van der Waals surface area (Å²) in [5, 5.41) is 11.3. The van der Waals surface area contributed by atoms with E-state index in [4.69, 9.17) is 5.11 Å². The van der Waals surface area contributed by atoms with Gasteiger partial charge in [-0.3, -0.25) is 0 Å². The first-order chi connectivity index (χ1) is 5.55. The predicted octanol–water partition coefficient (Wildman–Crippen LogP) is 0.909.